The number of hydrogen-bond acceptors (Lipinski definition) is 5. The molecule has 162 valence electrons. The number of aromatic nitrogens is 1. The van der Waals surface area contributed by atoms with Crippen molar-refractivity contribution in [1.29, 1.82) is 0 Å². The molecule has 4 rings (SSSR count). The van der Waals surface area contributed by atoms with Crippen molar-refractivity contribution in [3.8, 4) is 11.3 Å². The second kappa shape index (κ2) is 8.86. The molecule has 1 aliphatic rings. The molecule has 1 fully saturated rings. The van der Waals surface area contributed by atoms with E-state index in [4.69, 9.17) is 0 Å². The Hall–Kier alpha value is -2.62. The zero-order valence-corrected chi connectivity index (χ0v) is 18.5. The molecule has 2 aromatic carbocycles. The highest BCUT2D eigenvalue weighted by Crippen LogP contribution is 2.26. The Morgan fingerprint density at radius 2 is 1.87 bits per heavy atom. The van der Waals surface area contributed by atoms with Crippen LogP contribution < -0.4 is 5.32 Å². The fourth-order valence-corrected chi connectivity index (χ4v) is 5.86. The van der Waals surface area contributed by atoms with Gasteiger partial charge in [-0.15, -0.1) is 11.3 Å². The van der Waals surface area contributed by atoms with Crippen LogP contribution >= 0.6 is 11.3 Å². The highest BCUT2D eigenvalue weighted by molar-refractivity contribution is 7.89. The monoisotopic (exact) mass is 459 g/mol. The SMILES string of the molecule is C[C@H]1CCCN(S(=O)(=O)c2ccc(C(=O)Nc3nc(-c4ccc(F)cc4)cs3)cc2)C1. The minimum Gasteiger partial charge on any atom is -0.298 e. The number of benzene rings is 2. The van der Waals surface area contributed by atoms with Crippen molar-refractivity contribution in [2.75, 3.05) is 18.4 Å². The molecule has 1 atom stereocenters. The highest BCUT2D eigenvalue weighted by atomic mass is 32.2. The predicted octanol–water partition coefficient (Wildman–Crippen LogP) is 4.62. The van der Waals surface area contributed by atoms with Crippen LogP contribution in [0.1, 0.15) is 30.1 Å². The van der Waals surface area contributed by atoms with Crippen LogP contribution in [0.3, 0.4) is 0 Å². The number of amides is 1. The minimum absolute atomic E-state index is 0.186. The summed E-state index contributed by atoms with van der Waals surface area (Å²) in [6.45, 7) is 3.09. The number of anilines is 1. The van der Waals surface area contributed by atoms with Crippen LogP contribution in [0.2, 0.25) is 0 Å². The van der Waals surface area contributed by atoms with Gasteiger partial charge in [-0.2, -0.15) is 4.31 Å². The van der Waals surface area contributed by atoms with Gasteiger partial charge in [0.15, 0.2) is 5.13 Å². The van der Waals surface area contributed by atoms with Gasteiger partial charge in [0.2, 0.25) is 10.0 Å². The van der Waals surface area contributed by atoms with Gasteiger partial charge in [-0.1, -0.05) is 6.92 Å². The first-order chi connectivity index (χ1) is 14.8. The average molecular weight is 460 g/mol. The lowest BCUT2D eigenvalue weighted by atomic mass is 10.0. The molecule has 1 aliphatic heterocycles. The molecule has 9 heteroatoms. The van der Waals surface area contributed by atoms with Gasteiger partial charge >= 0.3 is 0 Å². The minimum atomic E-state index is -3.56. The number of hydrogen-bond donors (Lipinski definition) is 1. The maximum atomic E-state index is 13.1. The molecule has 0 spiro atoms. The number of carbonyl (C=O) groups excluding carboxylic acids is 1. The van der Waals surface area contributed by atoms with Crippen LogP contribution in [0.5, 0.6) is 0 Å². The first-order valence-corrected chi connectivity index (χ1v) is 12.3. The Kier molecular flexibility index (Phi) is 6.17. The summed E-state index contributed by atoms with van der Waals surface area (Å²) in [6, 6.07) is 11.9. The fourth-order valence-electron chi connectivity index (χ4n) is 3.55. The maximum absolute atomic E-state index is 13.1. The van der Waals surface area contributed by atoms with Gasteiger partial charge in [0.1, 0.15) is 5.82 Å². The first kappa shape index (κ1) is 21.6. The quantitative estimate of drug-likeness (QED) is 0.604. The molecule has 1 aromatic heterocycles. The Labute approximate surface area is 184 Å². The summed E-state index contributed by atoms with van der Waals surface area (Å²) in [5.74, 6) is -0.366. The molecule has 1 amide bonds. The molecule has 0 radical (unpaired) electrons. The van der Waals surface area contributed by atoms with Crippen LogP contribution in [-0.4, -0.2) is 36.7 Å². The topological polar surface area (TPSA) is 79.4 Å². The highest BCUT2D eigenvalue weighted by Gasteiger charge is 2.28. The van der Waals surface area contributed by atoms with Gasteiger partial charge < -0.3 is 0 Å². The Morgan fingerprint density at radius 3 is 2.55 bits per heavy atom. The second-order valence-electron chi connectivity index (χ2n) is 7.63. The summed E-state index contributed by atoms with van der Waals surface area (Å²) in [7, 11) is -3.56. The van der Waals surface area contributed by atoms with Crippen LogP contribution in [0.25, 0.3) is 11.3 Å². The molecule has 0 aliphatic carbocycles. The van der Waals surface area contributed by atoms with Crippen molar-refractivity contribution in [2.45, 2.75) is 24.7 Å². The Morgan fingerprint density at radius 1 is 1.16 bits per heavy atom. The van der Waals surface area contributed by atoms with Crippen LogP contribution in [-0.2, 0) is 10.0 Å². The van der Waals surface area contributed by atoms with E-state index < -0.39 is 10.0 Å². The molecule has 0 unspecified atom stereocenters. The molecule has 0 bridgehead atoms. The number of carbonyl (C=O) groups is 1. The van der Waals surface area contributed by atoms with Crippen molar-refractivity contribution in [1.82, 2.24) is 9.29 Å². The molecule has 2 heterocycles. The van der Waals surface area contributed by atoms with E-state index >= 15 is 0 Å². The molecule has 0 saturated carbocycles. The van der Waals surface area contributed by atoms with E-state index in [1.54, 1.807) is 17.5 Å². The van der Waals surface area contributed by atoms with E-state index in [9.17, 15) is 17.6 Å². The summed E-state index contributed by atoms with van der Waals surface area (Å²) in [5.41, 5.74) is 1.72. The largest absolute Gasteiger partial charge is 0.298 e. The summed E-state index contributed by atoms with van der Waals surface area (Å²) in [6.07, 6.45) is 1.89. The first-order valence-electron chi connectivity index (χ1n) is 9.96. The third-order valence-electron chi connectivity index (χ3n) is 5.24. The molecule has 6 nitrogen and oxygen atoms in total. The van der Waals surface area contributed by atoms with E-state index in [0.29, 0.717) is 35.4 Å². The van der Waals surface area contributed by atoms with Crippen molar-refractivity contribution >= 4 is 32.4 Å². The van der Waals surface area contributed by atoms with Gasteiger partial charge in [-0.25, -0.2) is 17.8 Å². The molecule has 1 saturated heterocycles. The van der Waals surface area contributed by atoms with E-state index in [-0.39, 0.29) is 16.6 Å². The molecule has 1 N–H and O–H groups in total. The smallest absolute Gasteiger partial charge is 0.257 e. The van der Waals surface area contributed by atoms with Gasteiger partial charge in [0, 0.05) is 29.6 Å². The lowest BCUT2D eigenvalue weighted by Gasteiger charge is -2.30. The van der Waals surface area contributed by atoms with Crippen LogP contribution in [0.4, 0.5) is 9.52 Å². The predicted molar refractivity (Wildman–Crippen MR) is 119 cm³/mol. The molecular weight excluding hydrogens is 437 g/mol. The van der Waals surface area contributed by atoms with Crippen LogP contribution in [0.15, 0.2) is 58.8 Å². The zero-order valence-electron chi connectivity index (χ0n) is 16.9. The van der Waals surface area contributed by atoms with E-state index in [0.717, 1.165) is 18.4 Å². The average Bonchev–Trinajstić information content (AvgIpc) is 3.22. The van der Waals surface area contributed by atoms with E-state index in [2.05, 4.69) is 17.2 Å². The zero-order chi connectivity index (χ0) is 22.0. The van der Waals surface area contributed by atoms with E-state index in [1.165, 1.54) is 52.0 Å². The normalized spacial score (nSPS) is 17.4. The van der Waals surface area contributed by atoms with Crippen molar-refractivity contribution in [3.05, 3.63) is 65.3 Å². The number of halogens is 1. The number of nitrogens with zero attached hydrogens (tertiary/aromatic N) is 2. The van der Waals surface area contributed by atoms with Gasteiger partial charge in [0.25, 0.3) is 5.91 Å². The van der Waals surface area contributed by atoms with Crippen LogP contribution in [0, 0.1) is 11.7 Å². The molecular formula is C22H22FN3O3S2. The second-order valence-corrected chi connectivity index (χ2v) is 10.4. The summed E-state index contributed by atoms with van der Waals surface area (Å²) in [4.78, 5) is 17.1. The number of rotatable bonds is 5. The molecule has 31 heavy (non-hydrogen) atoms. The Balaban J connectivity index is 1.45. The lowest BCUT2D eigenvalue weighted by Crippen LogP contribution is -2.39. The van der Waals surface area contributed by atoms with Gasteiger partial charge in [-0.3, -0.25) is 10.1 Å². The van der Waals surface area contributed by atoms with E-state index in [1.807, 2.05) is 0 Å². The number of sulfonamides is 1. The maximum Gasteiger partial charge on any atom is 0.257 e. The van der Waals surface area contributed by atoms with Crippen molar-refractivity contribution < 1.29 is 17.6 Å². The number of piperidine rings is 1. The standard InChI is InChI=1S/C22H22FN3O3S2/c1-15-3-2-12-26(13-15)31(28,29)19-10-6-17(7-11-19)21(27)25-22-24-20(14-30-22)16-4-8-18(23)9-5-16/h4-11,14-15H,2-3,12-13H2,1H3,(H,24,25,27)/t15-/m0/s1. The number of thiazole rings is 1. The lowest BCUT2D eigenvalue weighted by molar-refractivity contribution is 0.102. The number of nitrogens with one attached hydrogen (secondary N) is 1. The van der Waals surface area contributed by atoms with Gasteiger partial charge in [-0.05, 0) is 67.3 Å². The molecule has 3 aromatic rings. The van der Waals surface area contributed by atoms with Crippen molar-refractivity contribution in [3.63, 3.8) is 0 Å². The third-order valence-corrected chi connectivity index (χ3v) is 7.88. The summed E-state index contributed by atoms with van der Waals surface area (Å²) < 4.78 is 40.3. The van der Waals surface area contributed by atoms with Crippen molar-refractivity contribution in [2.24, 2.45) is 5.92 Å². The Bertz CT molecular complexity index is 1180. The summed E-state index contributed by atoms with van der Waals surface area (Å²) in [5, 5.41) is 4.90. The fraction of sp³-hybridized carbons (Fsp3) is 0.273. The van der Waals surface area contributed by atoms with Gasteiger partial charge in [0.05, 0.1) is 10.6 Å². The summed E-state index contributed by atoms with van der Waals surface area (Å²) >= 11 is 1.26. The third kappa shape index (κ3) is 4.84.